The lowest BCUT2D eigenvalue weighted by molar-refractivity contribution is -0.139. The van der Waals surface area contributed by atoms with Gasteiger partial charge >= 0.3 is 5.97 Å². The molecule has 0 aliphatic heterocycles. The average Bonchev–Trinajstić information content (AvgIpc) is 2.28. The average molecular weight is 226 g/mol. The number of benzene rings is 1. The summed E-state index contributed by atoms with van der Waals surface area (Å²) in [5.74, 6) is 0.554. The molecule has 0 unspecified atom stereocenters. The van der Waals surface area contributed by atoms with Crippen LogP contribution < -0.4 is 4.74 Å². The minimum atomic E-state index is -0.242. The predicted molar refractivity (Wildman–Crippen MR) is 60.5 cm³/mol. The second-order valence-electron chi connectivity index (χ2n) is 2.94. The summed E-state index contributed by atoms with van der Waals surface area (Å²) in [6.07, 6.45) is 2.26. The van der Waals surface area contributed by atoms with Crippen molar-refractivity contribution in [3.8, 4) is 5.75 Å². The lowest BCUT2D eigenvalue weighted by Gasteiger charge is -2.08. The molecule has 0 saturated heterocycles. The molecule has 0 spiro atoms. The van der Waals surface area contributed by atoms with Gasteiger partial charge in [0.2, 0.25) is 0 Å². The lowest BCUT2D eigenvalue weighted by Crippen LogP contribution is -2.04. The van der Waals surface area contributed by atoms with Gasteiger partial charge in [0.05, 0.1) is 20.6 Å². The van der Waals surface area contributed by atoms with Crippen molar-refractivity contribution in [2.75, 3.05) is 20.5 Å². The molecular formula is C11H14O3S. The third-order valence-electron chi connectivity index (χ3n) is 2.02. The summed E-state index contributed by atoms with van der Waals surface area (Å²) in [5, 5.41) is 0. The summed E-state index contributed by atoms with van der Waals surface area (Å²) in [6.45, 7) is 0. The van der Waals surface area contributed by atoms with Crippen molar-refractivity contribution < 1.29 is 14.3 Å². The van der Waals surface area contributed by atoms with E-state index in [1.807, 2.05) is 24.5 Å². The number of esters is 1. The first kappa shape index (κ1) is 11.9. The number of thioether (sulfide) groups is 1. The second-order valence-corrected chi connectivity index (χ2v) is 3.79. The van der Waals surface area contributed by atoms with Gasteiger partial charge in [0.1, 0.15) is 5.75 Å². The van der Waals surface area contributed by atoms with Crippen LogP contribution in [-0.4, -0.2) is 26.4 Å². The van der Waals surface area contributed by atoms with E-state index < -0.39 is 0 Å². The highest BCUT2D eigenvalue weighted by molar-refractivity contribution is 7.98. The van der Waals surface area contributed by atoms with E-state index in [0.29, 0.717) is 0 Å². The normalized spacial score (nSPS) is 9.80. The molecule has 0 N–H and O–H groups in total. The maximum absolute atomic E-state index is 11.1. The smallest absolute Gasteiger partial charge is 0.309 e. The molecule has 0 aliphatic carbocycles. The van der Waals surface area contributed by atoms with Crippen molar-refractivity contribution in [3.63, 3.8) is 0 Å². The van der Waals surface area contributed by atoms with Crippen molar-refractivity contribution in [2.45, 2.75) is 11.3 Å². The first-order valence-corrected chi connectivity index (χ1v) is 5.71. The number of ether oxygens (including phenoxy) is 2. The van der Waals surface area contributed by atoms with Crippen molar-refractivity contribution in [1.82, 2.24) is 0 Å². The summed E-state index contributed by atoms with van der Waals surface area (Å²) in [7, 11) is 3.01. The predicted octanol–water partition coefficient (Wildman–Crippen LogP) is 2.13. The van der Waals surface area contributed by atoms with E-state index >= 15 is 0 Å². The van der Waals surface area contributed by atoms with Gasteiger partial charge in [-0.25, -0.2) is 0 Å². The van der Waals surface area contributed by atoms with Crippen LogP contribution in [0.3, 0.4) is 0 Å². The monoisotopic (exact) mass is 226 g/mol. The Bertz CT molecular complexity index is 350. The molecule has 0 radical (unpaired) electrons. The van der Waals surface area contributed by atoms with Crippen LogP contribution >= 0.6 is 11.8 Å². The van der Waals surface area contributed by atoms with E-state index in [-0.39, 0.29) is 12.4 Å². The summed E-state index contributed by atoms with van der Waals surface area (Å²) < 4.78 is 9.82. The fourth-order valence-electron chi connectivity index (χ4n) is 1.23. The SMILES string of the molecule is COC(=O)Cc1ccc(SC)c(OC)c1. The maximum atomic E-state index is 11.1. The highest BCUT2D eigenvalue weighted by Gasteiger charge is 2.07. The molecule has 0 bridgehead atoms. The Morgan fingerprint density at radius 2 is 2.13 bits per heavy atom. The zero-order chi connectivity index (χ0) is 11.3. The van der Waals surface area contributed by atoms with E-state index in [1.54, 1.807) is 18.9 Å². The number of rotatable bonds is 4. The van der Waals surface area contributed by atoms with Gasteiger partial charge in [-0.2, -0.15) is 0 Å². The Morgan fingerprint density at radius 1 is 1.40 bits per heavy atom. The van der Waals surface area contributed by atoms with Crippen LogP contribution in [-0.2, 0) is 16.0 Å². The van der Waals surface area contributed by atoms with Crippen LogP contribution in [0.25, 0.3) is 0 Å². The number of hydrogen-bond acceptors (Lipinski definition) is 4. The van der Waals surface area contributed by atoms with Crippen LogP contribution in [0.4, 0.5) is 0 Å². The molecule has 0 atom stereocenters. The van der Waals surface area contributed by atoms with Gasteiger partial charge in [0, 0.05) is 4.90 Å². The van der Waals surface area contributed by atoms with E-state index in [1.165, 1.54) is 7.11 Å². The maximum Gasteiger partial charge on any atom is 0.309 e. The van der Waals surface area contributed by atoms with Crippen molar-refractivity contribution >= 4 is 17.7 Å². The summed E-state index contributed by atoms with van der Waals surface area (Å²) in [4.78, 5) is 12.1. The Labute approximate surface area is 93.8 Å². The van der Waals surface area contributed by atoms with Crippen LogP contribution in [0, 0.1) is 0 Å². The fourth-order valence-corrected chi connectivity index (χ4v) is 1.78. The molecule has 3 nitrogen and oxygen atoms in total. The van der Waals surface area contributed by atoms with Crippen LogP contribution in [0.15, 0.2) is 23.1 Å². The molecule has 1 rings (SSSR count). The van der Waals surface area contributed by atoms with Gasteiger partial charge in [-0.1, -0.05) is 6.07 Å². The topological polar surface area (TPSA) is 35.5 Å². The van der Waals surface area contributed by atoms with Gasteiger partial charge in [-0.3, -0.25) is 4.79 Å². The summed E-state index contributed by atoms with van der Waals surface area (Å²) >= 11 is 1.61. The Kier molecular flexibility index (Phi) is 4.49. The molecule has 0 aromatic heterocycles. The van der Waals surface area contributed by atoms with Crippen LogP contribution in [0.1, 0.15) is 5.56 Å². The Morgan fingerprint density at radius 3 is 2.67 bits per heavy atom. The van der Waals surface area contributed by atoms with Crippen molar-refractivity contribution in [3.05, 3.63) is 23.8 Å². The molecule has 82 valence electrons. The summed E-state index contributed by atoms with van der Waals surface area (Å²) in [5.41, 5.74) is 0.900. The minimum Gasteiger partial charge on any atom is -0.496 e. The fraction of sp³-hybridized carbons (Fsp3) is 0.364. The van der Waals surface area contributed by atoms with E-state index in [9.17, 15) is 4.79 Å². The highest BCUT2D eigenvalue weighted by atomic mass is 32.2. The molecule has 1 aromatic rings. The zero-order valence-electron chi connectivity index (χ0n) is 9.07. The van der Waals surface area contributed by atoms with Gasteiger partial charge < -0.3 is 9.47 Å². The quantitative estimate of drug-likeness (QED) is 0.582. The van der Waals surface area contributed by atoms with Crippen molar-refractivity contribution in [1.29, 1.82) is 0 Å². The molecule has 0 heterocycles. The highest BCUT2D eigenvalue weighted by Crippen LogP contribution is 2.28. The molecule has 1 aromatic carbocycles. The van der Waals surface area contributed by atoms with E-state index in [4.69, 9.17) is 4.74 Å². The Hall–Kier alpha value is -1.16. The third kappa shape index (κ3) is 3.16. The standard InChI is InChI=1S/C11H14O3S/c1-13-9-6-8(7-11(12)14-2)4-5-10(9)15-3/h4-6H,7H2,1-3H3. The largest absolute Gasteiger partial charge is 0.496 e. The third-order valence-corrected chi connectivity index (χ3v) is 2.80. The number of carbonyl (C=O) groups is 1. The van der Waals surface area contributed by atoms with Crippen LogP contribution in [0.2, 0.25) is 0 Å². The van der Waals surface area contributed by atoms with E-state index in [2.05, 4.69) is 4.74 Å². The molecule has 0 saturated carbocycles. The molecule has 15 heavy (non-hydrogen) atoms. The second kappa shape index (κ2) is 5.66. The van der Waals surface area contributed by atoms with Gasteiger partial charge in [-0.05, 0) is 24.0 Å². The van der Waals surface area contributed by atoms with Gasteiger partial charge in [-0.15, -0.1) is 11.8 Å². The molecule has 0 fully saturated rings. The first-order chi connectivity index (χ1) is 7.21. The van der Waals surface area contributed by atoms with Crippen molar-refractivity contribution in [2.24, 2.45) is 0 Å². The first-order valence-electron chi connectivity index (χ1n) is 4.49. The summed E-state index contributed by atoms with van der Waals surface area (Å²) in [6, 6.07) is 5.72. The number of carbonyl (C=O) groups excluding carboxylic acids is 1. The van der Waals surface area contributed by atoms with E-state index in [0.717, 1.165) is 16.2 Å². The Balaban J connectivity index is 2.88. The van der Waals surface area contributed by atoms with Gasteiger partial charge in [0.15, 0.2) is 0 Å². The number of methoxy groups -OCH3 is 2. The van der Waals surface area contributed by atoms with Crippen LogP contribution in [0.5, 0.6) is 5.75 Å². The molecule has 0 amide bonds. The minimum absolute atomic E-state index is 0.242. The molecule has 4 heteroatoms. The zero-order valence-corrected chi connectivity index (χ0v) is 9.89. The van der Waals surface area contributed by atoms with Gasteiger partial charge in [0.25, 0.3) is 0 Å². The lowest BCUT2D eigenvalue weighted by atomic mass is 10.1. The molecule has 0 aliphatic rings. The number of hydrogen-bond donors (Lipinski definition) is 0. The molecular weight excluding hydrogens is 212 g/mol.